The third kappa shape index (κ3) is 2.76. The Morgan fingerprint density at radius 1 is 1.00 bits per heavy atom. The quantitative estimate of drug-likeness (QED) is 0.607. The van der Waals surface area contributed by atoms with Crippen LogP contribution in [0.4, 0.5) is 0 Å². The van der Waals surface area contributed by atoms with Crippen LogP contribution in [0.5, 0.6) is 0 Å². The molecule has 1 saturated carbocycles. The van der Waals surface area contributed by atoms with E-state index in [0.717, 1.165) is 25.0 Å². The molecule has 0 aromatic heterocycles. The van der Waals surface area contributed by atoms with Gasteiger partial charge in [-0.3, -0.25) is 0 Å². The lowest BCUT2D eigenvalue weighted by atomic mass is 10.0. The van der Waals surface area contributed by atoms with Crippen molar-refractivity contribution >= 4 is 0 Å². The number of ether oxygens (including phenoxy) is 1. The van der Waals surface area contributed by atoms with Crippen molar-refractivity contribution in [3.63, 3.8) is 0 Å². The summed E-state index contributed by atoms with van der Waals surface area (Å²) in [5, 5.41) is 3.27. The van der Waals surface area contributed by atoms with Crippen molar-refractivity contribution in [2.24, 2.45) is 11.8 Å². The molecule has 70 valence electrons. The van der Waals surface area contributed by atoms with Crippen LogP contribution in [0.3, 0.4) is 0 Å². The molecule has 0 bridgehead atoms. The SMILES string of the molecule is C(CC1CC1)OCCC1CNC1. The number of hydrogen-bond donors (Lipinski definition) is 1. The predicted molar refractivity (Wildman–Crippen MR) is 49.1 cm³/mol. The Bertz CT molecular complexity index is 130. The van der Waals surface area contributed by atoms with Crippen molar-refractivity contribution in [2.45, 2.75) is 25.7 Å². The fourth-order valence-corrected chi connectivity index (χ4v) is 1.56. The first-order valence-corrected chi connectivity index (χ1v) is 5.23. The van der Waals surface area contributed by atoms with Crippen molar-refractivity contribution in [3.8, 4) is 0 Å². The number of nitrogens with one attached hydrogen (secondary N) is 1. The molecule has 2 nitrogen and oxygen atoms in total. The minimum atomic E-state index is 0.908. The normalized spacial score (nSPS) is 24.0. The third-order valence-electron chi connectivity index (χ3n) is 2.90. The summed E-state index contributed by atoms with van der Waals surface area (Å²) in [7, 11) is 0. The van der Waals surface area contributed by atoms with Crippen LogP contribution in [0, 0.1) is 11.8 Å². The minimum Gasteiger partial charge on any atom is -0.381 e. The van der Waals surface area contributed by atoms with E-state index >= 15 is 0 Å². The van der Waals surface area contributed by atoms with Crippen LogP contribution in [0.15, 0.2) is 0 Å². The fourth-order valence-electron chi connectivity index (χ4n) is 1.56. The molecule has 1 heterocycles. The van der Waals surface area contributed by atoms with Crippen LogP contribution >= 0.6 is 0 Å². The van der Waals surface area contributed by atoms with E-state index in [2.05, 4.69) is 5.32 Å². The molecule has 12 heavy (non-hydrogen) atoms. The molecular formula is C10H19NO. The highest BCUT2D eigenvalue weighted by Crippen LogP contribution is 2.32. The molecule has 2 fully saturated rings. The summed E-state index contributed by atoms with van der Waals surface area (Å²) >= 11 is 0. The zero-order valence-electron chi connectivity index (χ0n) is 7.72. The molecule has 0 atom stereocenters. The van der Waals surface area contributed by atoms with E-state index in [9.17, 15) is 0 Å². The average Bonchev–Trinajstić information content (AvgIpc) is 2.76. The van der Waals surface area contributed by atoms with E-state index < -0.39 is 0 Å². The first kappa shape index (κ1) is 8.52. The van der Waals surface area contributed by atoms with Crippen molar-refractivity contribution in [1.29, 1.82) is 0 Å². The molecule has 0 amide bonds. The maximum absolute atomic E-state index is 5.56. The van der Waals surface area contributed by atoms with Crippen LogP contribution in [-0.4, -0.2) is 26.3 Å². The van der Waals surface area contributed by atoms with Crippen LogP contribution in [0.1, 0.15) is 25.7 Å². The van der Waals surface area contributed by atoms with E-state index in [4.69, 9.17) is 4.74 Å². The average molecular weight is 169 g/mol. The van der Waals surface area contributed by atoms with Gasteiger partial charge in [0, 0.05) is 13.2 Å². The Labute approximate surface area is 74.7 Å². The summed E-state index contributed by atoms with van der Waals surface area (Å²) in [6, 6.07) is 0. The van der Waals surface area contributed by atoms with Gasteiger partial charge in [0.05, 0.1) is 0 Å². The van der Waals surface area contributed by atoms with Gasteiger partial charge in [-0.2, -0.15) is 0 Å². The lowest BCUT2D eigenvalue weighted by Gasteiger charge is -2.26. The van der Waals surface area contributed by atoms with Gasteiger partial charge in [-0.25, -0.2) is 0 Å². The second-order valence-electron chi connectivity index (χ2n) is 4.16. The van der Waals surface area contributed by atoms with Crippen molar-refractivity contribution in [2.75, 3.05) is 26.3 Å². The largest absolute Gasteiger partial charge is 0.381 e. The molecule has 2 rings (SSSR count). The van der Waals surface area contributed by atoms with Gasteiger partial charge in [0.2, 0.25) is 0 Å². The van der Waals surface area contributed by atoms with Crippen molar-refractivity contribution in [1.82, 2.24) is 5.32 Å². The van der Waals surface area contributed by atoms with Crippen LogP contribution in [0.2, 0.25) is 0 Å². The maximum atomic E-state index is 5.56. The molecule has 1 aliphatic carbocycles. The Kier molecular flexibility index (Phi) is 3.01. The summed E-state index contributed by atoms with van der Waals surface area (Å²) < 4.78 is 5.56. The Hall–Kier alpha value is -0.0800. The van der Waals surface area contributed by atoms with Gasteiger partial charge in [-0.15, -0.1) is 0 Å². The van der Waals surface area contributed by atoms with Gasteiger partial charge >= 0.3 is 0 Å². The van der Waals surface area contributed by atoms with E-state index in [-0.39, 0.29) is 0 Å². The van der Waals surface area contributed by atoms with E-state index in [1.807, 2.05) is 0 Å². The molecular weight excluding hydrogens is 150 g/mol. The molecule has 0 aromatic rings. The Morgan fingerprint density at radius 2 is 1.67 bits per heavy atom. The van der Waals surface area contributed by atoms with Crippen molar-refractivity contribution < 1.29 is 4.74 Å². The summed E-state index contributed by atoms with van der Waals surface area (Å²) in [4.78, 5) is 0. The first-order valence-electron chi connectivity index (χ1n) is 5.23. The second-order valence-corrected chi connectivity index (χ2v) is 4.16. The van der Waals surface area contributed by atoms with Crippen LogP contribution < -0.4 is 5.32 Å². The number of rotatable bonds is 6. The third-order valence-corrected chi connectivity index (χ3v) is 2.90. The summed E-state index contributed by atoms with van der Waals surface area (Å²) in [6.45, 7) is 4.42. The highest BCUT2D eigenvalue weighted by atomic mass is 16.5. The molecule has 0 radical (unpaired) electrons. The standard InChI is InChI=1S/C10H19NO/c1-2-9(1)3-5-12-6-4-10-7-11-8-10/h9-11H,1-8H2. The molecule has 2 heteroatoms. The smallest absolute Gasteiger partial charge is 0.0469 e. The molecule has 0 unspecified atom stereocenters. The van der Waals surface area contributed by atoms with E-state index in [1.54, 1.807) is 0 Å². The maximum Gasteiger partial charge on any atom is 0.0469 e. The predicted octanol–water partition coefficient (Wildman–Crippen LogP) is 1.41. The monoisotopic (exact) mass is 169 g/mol. The Morgan fingerprint density at radius 3 is 2.17 bits per heavy atom. The highest BCUT2D eigenvalue weighted by Gasteiger charge is 2.20. The Balaban J connectivity index is 1.35. The summed E-state index contributed by atoms with van der Waals surface area (Å²) in [6.07, 6.45) is 5.48. The topological polar surface area (TPSA) is 21.3 Å². The van der Waals surface area contributed by atoms with Crippen molar-refractivity contribution in [3.05, 3.63) is 0 Å². The molecule has 1 N–H and O–H groups in total. The van der Waals surface area contributed by atoms with Gasteiger partial charge in [-0.1, -0.05) is 12.8 Å². The van der Waals surface area contributed by atoms with E-state index in [0.29, 0.717) is 0 Å². The first-order chi connectivity index (χ1) is 5.95. The summed E-state index contributed by atoms with van der Waals surface area (Å²) in [5.41, 5.74) is 0. The van der Waals surface area contributed by atoms with Gasteiger partial charge in [-0.05, 0) is 37.8 Å². The zero-order chi connectivity index (χ0) is 8.23. The van der Waals surface area contributed by atoms with Crippen LogP contribution in [-0.2, 0) is 4.74 Å². The molecule has 0 spiro atoms. The van der Waals surface area contributed by atoms with Gasteiger partial charge < -0.3 is 10.1 Å². The highest BCUT2D eigenvalue weighted by molar-refractivity contribution is 4.74. The van der Waals surface area contributed by atoms with E-state index in [1.165, 1.54) is 38.8 Å². The fraction of sp³-hybridized carbons (Fsp3) is 1.00. The summed E-state index contributed by atoms with van der Waals surface area (Å²) in [5.74, 6) is 1.93. The van der Waals surface area contributed by atoms with Gasteiger partial charge in [0.1, 0.15) is 0 Å². The zero-order valence-corrected chi connectivity index (χ0v) is 7.72. The van der Waals surface area contributed by atoms with Crippen LogP contribution in [0.25, 0.3) is 0 Å². The van der Waals surface area contributed by atoms with Gasteiger partial charge in [0.15, 0.2) is 0 Å². The molecule has 0 aromatic carbocycles. The molecule has 1 aliphatic heterocycles. The second kappa shape index (κ2) is 4.24. The lowest BCUT2D eigenvalue weighted by molar-refractivity contribution is 0.106. The lowest BCUT2D eigenvalue weighted by Crippen LogP contribution is -2.42. The number of hydrogen-bond acceptors (Lipinski definition) is 2. The molecule has 1 saturated heterocycles. The molecule has 2 aliphatic rings. The minimum absolute atomic E-state index is 0.908. The van der Waals surface area contributed by atoms with Gasteiger partial charge in [0.25, 0.3) is 0 Å².